The van der Waals surface area contributed by atoms with E-state index in [0.717, 1.165) is 32.2 Å². The second-order valence-electron chi connectivity index (χ2n) is 16.1. The SMILES string of the molecule is CCCCCCCCCCCCCCCCC(O)CNCCOCCOCCN(CC(C)O)CC(O)CCCCCCCCCCCCCCCC. The minimum Gasteiger partial charge on any atom is -0.392 e. The van der Waals surface area contributed by atoms with E-state index in [9.17, 15) is 15.3 Å². The standard InChI is InChI=1S/C45H94N2O5/c1-4-6-8-10-12-14-16-18-20-22-24-26-28-30-32-44(49)40-46-34-36-51-38-39-52-37-35-47(41-43(3)48)42-45(50)33-31-29-27-25-23-21-19-17-15-13-11-9-7-5-2/h43-46,48-50H,4-42H2,1-3H3. The fourth-order valence-corrected chi connectivity index (χ4v) is 7.20. The average molecular weight is 743 g/mol. The molecule has 0 aliphatic carbocycles. The summed E-state index contributed by atoms with van der Waals surface area (Å²) in [6, 6.07) is 0. The first-order valence-corrected chi connectivity index (χ1v) is 23.1. The van der Waals surface area contributed by atoms with Crippen LogP contribution >= 0.6 is 0 Å². The van der Waals surface area contributed by atoms with Gasteiger partial charge in [-0.2, -0.15) is 0 Å². The first kappa shape index (κ1) is 51.7. The Kier molecular flexibility index (Phi) is 43.2. The fraction of sp³-hybridized carbons (Fsp3) is 1.00. The van der Waals surface area contributed by atoms with Crippen LogP contribution in [0.3, 0.4) is 0 Å². The Morgan fingerprint density at radius 3 is 1.21 bits per heavy atom. The van der Waals surface area contributed by atoms with Crippen molar-refractivity contribution in [3.63, 3.8) is 0 Å². The second-order valence-corrected chi connectivity index (χ2v) is 16.1. The third-order valence-electron chi connectivity index (χ3n) is 10.5. The highest BCUT2D eigenvalue weighted by Crippen LogP contribution is 2.15. The van der Waals surface area contributed by atoms with E-state index in [-0.39, 0.29) is 12.2 Å². The molecule has 0 amide bonds. The molecule has 0 aliphatic heterocycles. The van der Waals surface area contributed by atoms with E-state index >= 15 is 0 Å². The molecule has 0 saturated heterocycles. The smallest absolute Gasteiger partial charge is 0.0701 e. The van der Waals surface area contributed by atoms with Crippen LogP contribution in [0.15, 0.2) is 0 Å². The summed E-state index contributed by atoms with van der Waals surface area (Å²) < 4.78 is 11.5. The lowest BCUT2D eigenvalue weighted by Gasteiger charge is -2.26. The largest absolute Gasteiger partial charge is 0.392 e. The van der Waals surface area contributed by atoms with Crippen molar-refractivity contribution < 1.29 is 24.8 Å². The third-order valence-corrected chi connectivity index (χ3v) is 10.5. The van der Waals surface area contributed by atoms with Gasteiger partial charge in [-0.05, 0) is 19.8 Å². The van der Waals surface area contributed by atoms with Crippen LogP contribution in [-0.2, 0) is 9.47 Å². The van der Waals surface area contributed by atoms with Crippen molar-refractivity contribution in [1.29, 1.82) is 0 Å². The van der Waals surface area contributed by atoms with Gasteiger partial charge in [0.1, 0.15) is 0 Å². The minimum absolute atomic E-state index is 0.275. The lowest BCUT2D eigenvalue weighted by molar-refractivity contribution is 0.0219. The Balaban J connectivity index is 3.57. The molecule has 0 saturated carbocycles. The van der Waals surface area contributed by atoms with Crippen LogP contribution in [0.25, 0.3) is 0 Å². The van der Waals surface area contributed by atoms with E-state index in [2.05, 4.69) is 24.1 Å². The molecule has 3 atom stereocenters. The number of rotatable bonds is 45. The number of nitrogens with one attached hydrogen (secondary N) is 1. The first-order chi connectivity index (χ1) is 25.5. The minimum atomic E-state index is -0.429. The average Bonchev–Trinajstić information content (AvgIpc) is 3.12. The summed E-state index contributed by atoms with van der Waals surface area (Å²) in [5.74, 6) is 0. The maximum atomic E-state index is 10.6. The third kappa shape index (κ3) is 42.5. The molecule has 314 valence electrons. The number of aliphatic hydroxyl groups is 3. The molecule has 0 radical (unpaired) electrons. The summed E-state index contributed by atoms with van der Waals surface area (Å²) in [5.41, 5.74) is 0. The molecule has 0 rings (SSSR count). The van der Waals surface area contributed by atoms with Gasteiger partial charge in [-0.3, -0.25) is 4.90 Å². The van der Waals surface area contributed by atoms with Crippen molar-refractivity contribution in [1.82, 2.24) is 10.2 Å². The number of ether oxygens (including phenoxy) is 2. The Bertz CT molecular complexity index is 655. The first-order valence-electron chi connectivity index (χ1n) is 23.1. The Hall–Kier alpha value is -0.280. The fourth-order valence-electron chi connectivity index (χ4n) is 7.20. The van der Waals surface area contributed by atoms with Crippen molar-refractivity contribution in [3.8, 4) is 0 Å². The summed E-state index contributed by atoms with van der Waals surface area (Å²) in [6.45, 7) is 11.8. The van der Waals surface area contributed by atoms with E-state index in [1.165, 1.54) is 167 Å². The lowest BCUT2D eigenvalue weighted by Crippen LogP contribution is -2.39. The zero-order valence-corrected chi connectivity index (χ0v) is 35.4. The maximum absolute atomic E-state index is 10.6. The highest BCUT2D eigenvalue weighted by molar-refractivity contribution is 4.68. The van der Waals surface area contributed by atoms with E-state index in [1.54, 1.807) is 6.92 Å². The Labute approximate surface area is 325 Å². The van der Waals surface area contributed by atoms with Crippen molar-refractivity contribution >= 4 is 0 Å². The van der Waals surface area contributed by atoms with Gasteiger partial charge >= 0.3 is 0 Å². The van der Waals surface area contributed by atoms with E-state index in [4.69, 9.17) is 9.47 Å². The van der Waals surface area contributed by atoms with Crippen LogP contribution in [0.1, 0.15) is 213 Å². The molecule has 7 heteroatoms. The highest BCUT2D eigenvalue weighted by Gasteiger charge is 2.14. The van der Waals surface area contributed by atoms with Gasteiger partial charge < -0.3 is 30.1 Å². The highest BCUT2D eigenvalue weighted by atomic mass is 16.5. The Morgan fingerprint density at radius 2 is 0.808 bits per heavy atom. The maximum Gasteiger partial charge on any atom is 0.0701 e. The van der Waals surface area contributed by atoms with Gasteiger partial charge in [0.25, 0.3) is 0 Å². The van der Waals surface area contributed by atoms with Gasteiger partial charge in [0.05, 0.1) is 44.7 Å². The van der Waals surface area contributed by atoms with Gasteiger partial charge in [0.2, 0.25) is 0 Å². The summed E-state index contributed by atoms with van der Waals surface area (Å²) in [6.07, 6.45) is 38.5. The predicted octanol–water partition coefficient (Wildman–Crippen LogP) is 10.8. The summed E-state index contributed by atoms with van der Waals surface area (Å²) in [5, 5.41) is 34.2. The predicted molar refractivity (Wildman–Crippen MR) is 225 cm³/mol. The molecular weight excluding hydrogens is 649 g/mol. The van der Waals surface area contributed by atoms with Crippen molar-refractivity contribution in [2.45, 2.75) is 232 Å². The van der Waals surface area contributed by atoms with Gasteiger partial charge in [0, 0.05) is 32.7 Å². The van der Waals surface area contributed by atoms with Crippen LogP contribution in [0, 0.1) is 0 Å². The summed E-state index contributed by atoms with van der Waals surface area (Å²) in [4.78, 5) is 2.12. The van der Waals surface area contributed by atoms with Crippen LogP contribution in [-0.4, -0.2) is 97.7 Å². The molecule has 0 spiro atoms. The molecule has 0 fully saturated rings. The number of hydrogen-bond acceptors (Lipinski definition) is 7. The van der Waals surface area contributed by atoms with Crippen LogP contribution in [0.2, 0.25) is 0 Å². The van der Waals surface area contributed by atoms with Crippen LogP contribution in [0.4, 0.5) is 0 Å². The second kappa shape index (κ2) is 43.4. The van der Waals surface area contributed by atoms with Gasteiger partial charge in [-0.25, -0.2) is 0 Å². The molecule has 0 bridgehead atoms. The monoisotopic (exact) mass is 743 g/mol. The van der Waals surface area contributed by atoms with Gasteiger partial charge in [-0.1, -0.05) is 194 Å². The number of aliphatic hydroxyl groups excluding tert-OH is 3. The van der Waals surface area contributed by atoms with E-state index < -0.39 is 6.10 Å². The topological polar surface area (TPSA) is 94.4 Å². The number of unbranched alkanes of at least 4 members (excludes halogenated alkanes) is 26. The van der Waals surface area contributed by atoms with Gasteiger partial charge in [0.15, 0.2) is 0 Å². The van der Waals surface area contributed by atoms with Crippen molar-refractivity contribution in [3.05, 3.63) is 0 Å². The van der Waals surface area contributed by atoms with Crippen LogP contribution in [0.5, 0.6) is 0 Å². The molecule has 0 aromatic heterocycles. The molecule has 0 heterocycles. The van der Waals surface area contributed by atoms with Crippen molar-refractivity contribution in [2.75, 3.05) is 59.2 Å². The molecule has 0 aromatic carbocycles. The lowest BCUT2D eigenvalue weighted by atomic mass is 10.0. The molecule has 7 nitrogen and oxygen atoms in total. The Morgan fingerprint density at radius 1 is 0.442 bits per heavy atom. The summed E-state index contributed by atoms with van der Waals surface area (Å²) >= 11 is 0. The molecule has 4 N–H and O–H groups in total. The molecular formula is C45H94N2O5. The van der Waals surface area contributed by atoms with Gasteiger partial charge in [-0.15, -0.1) is 0 Å². The molecule has 3 unspecified atom stereocenters. The van der Waals surface area contributed by atoms with Crippen LogP contribution < -0.4 is 5.32 Å². The molecule has 52 heavy (non-hydrogen) atoms. The van der Waals surface area contributed by atoms with E-state index in [1.807, 2.05) is 0 Å². The molecule has 0 aromatic rings. The number of nitrogens with zero attached hydrogens (tertiary/aromatic N) is 1. The summed E-state index contributed by atoms with van der Waals surface area (Å²) in [7, 11) is 0. The zero-order chi connectivity index (χ0) is 38.0. The quantitative estimate of drug-likeness (QED) is 0.0462. The normalized spacial score (nSPS) is 13.7. The zero-order valence-electron chi connectivity index (χ0n) is 35.4. The molecule has 0 aliphatic rings. The van der Waals surface area contributed by atoms with Crippen molar-refractivity contribution in [2.24, 2.45) is 0 Å². The van der Waals surface area contributed by atoms with E-state index in [0.29, 0.717) is 52.6 Å². The number of hydrogen-bond donors (Lipinski definition) is 4.